The van der Waals surface area contributed by atoms with Gasteiger partial charge in [-0.2, -0.15) is 0 Å². The molecule has 3 nitrogen and oxygen atoms in total. The zero-order valence-electron chi connectivity index (χ0n) is 9.13. The number of nitrogens with one attached hydrogen (secondary N) is 1. The van der Waals surface area contributed by atoms with Crippen LogP contribution in [0.5, 0.6) is 0 Å². The van der Waals surface area contributed by atoms with E-state index in [1.165, 1.54) is 11.8 Å². The van der Waals surface area contributed by atoms with Crippen molar-refractivity contribution in [1.29, 1.82) is 0 Å². The highest BCUT2D eigenvalue weighted by Crippen LogP contribution is 2.07. The number of carbonyl (C=O) groups is 2. The Labute approximate surface area is 90.0 Å². The molecule has 0 bridgehead atoms. The highest BCUT2D eigenvalue weighted by Gasteiger charge is 2.14. The predicted molar refractivity (Wildman–Crippen MR) is 60.5 cm³/mol. The summed E-state index contributed by atoms with van der Waals surface area (Å²) in [5.74, 6) is 0.664. The molecular formula is C10H19NO2S. The standard InChI is InChI=1S/C10H19NO2S/c1-4-6-11-9(8(3)12)7-14-10(13)5-2/h9,11H,4-7H2,1-3H3/t9-/m0/s1. The number of rotatable bonds is 7. The molecule has 82 valence electrons. The fraction of sp³-hybridized carbons (Fsp3) is 0.800. The second kappa shape index (κ2) is 8.00. The van der Waals surface area contributed by atoms with Crippen molar-refractivity contribution in [3.05, 3.63) is 0 Å². The number of carbonyl (C=O) groups excluding carboxylic acids is 2. The molecule has 0 aliphatic rings. The Morgan fingerprint density at radius 1 is 1.36 bits per heavy atom. The van der Waals surface area contributed by atoms with Crippen LogP contribution in [0.25, 0.3) is 0 Å². The Kier molecular flexibility index (Phi) is 7.80. The first kappa shape index (κ1) is 13.7. The lowest BCUT2D eigenvalue weighted by Crippen LogP contribution is -2.38. The minimum Gasteiger partial charge on any atom is -0.307 e. The molecule has 1 N–H and O–H groups in total. The zero-order valence-corrected chi connectivity index (χ0v) is 9.95. The van der Waals surface area contributed by atoms with Crippen molar-refractivity contribution in [3.8, 4) is 0 Å². The lowest BCUT2D eigenvalue weighted by Gasteiger charge is -2.13. The number of hydrogen-bond donors (Lipinski definition) is 1. The normalized spacial score (nSPS) is 12.5. The van der Waals surface area contributed by atoms with Crippen molar-refractivity contribution < 1.29 is 9.59 Å². The first-order valence-corrected chi connectivity index (χ1v) is 5.99. The van der Waals surface area contributed by atoms with E-state index in [0.29, 0.717) is 12.2 Å². The van der Waals surface area contributed by atoms with E-state index < -0.39 is 0 Å². The molecule has 14 heavy (non-hydrogen) atoms. The average Bonchev–Trinajstić information content (AvgIpc) is 2.16. The van der Waals surface area contributed by atoms with E-state index in [-0.39, 0.29) is 16.9 Å². The van der Waals surface area contributed by atoms with Crippen LogP contribution in [0.3, 0.4) is 0 Å². The third-order valence-electron chi connectivity index (χ3n) is 1.83. The minimum absolute atomic E-state index is 0.106. The average molecular weight is 217 g/mol. The molecule has 0 aliphatic carbocycles. The molecule has 1 atom stereocenters. The minimum atomic E-state index is -0.171. The van der Waals surface area contributed by atoms with Gasteiger partial charge in [0.05, 0.1) is 6.04 Å². The summed E-state index contributed by atoms with van der Waals surface area (Å²) in [6.45, 7) is 6.27. The van der Waals surface area contributed by atoms with Gasteiger partial charge >= 0.3 is 0 Å². The van der Waals surface area contributed by atoms with E-state index >= 15 is 0 Å². The van der Waals surface area contributed by atoms with Crippen LogP contribution >= 0.6 is 11.8 Å². The zero-order chi connectivity index (χ0) is 11.0. The van der Waals surface area contributed by atoms with Crippen LogP contribution in [0.4, 0.5) is 0 Å². The van der Waals surface area contributed by atoms with Crippen LogP contribution in [0.1, 0.15) is 33.6 Å². The molecule has 0 saturated heterocycles. The largest absolute Gasteiger partial charge is 0.307 e. The van der Waals surface area contributed by atoms with Crippen molar-refractivity contribution in [3.63, 3.8) is 0 Å². The van der Waals surface area contributed by atoms with Crippen molar-refractivity contribution >= 4 is 22.7 Å². The van der Waals surface area contributed by atoms with Crippen molar-refractivity contribution in [2.45, 2.75) is 39.7 Å². The Morgan fingerprint density at radius 2 is 2.00 bits per heavy atom. The van der Waals surface area contributed by atoms with E-state index in [1.807, 2.05) is 6.92 Å². The third-order valence-corrected chi connectivity index (χ3v) is 2.94. The summed E-state index contributed by atoms with van der Waals surface area (Å²) in [6, 6.07) is -0.171. The van der Waals surface area contributed by atoms with Gasteiger partial charge in [-0.25, -0.2) is 0 Å². The summed E-state index contributed by atoms with van der Waals surface area (Å²) in [5, 5.41) is 3.27. The Bertz CT molecular complexity index is 195. The van der Waals surface area contributed by atoms with E-state index in [1.54, 1.807) is 6.92 Å². The number of thioether (sulfide) groups is 1. The summed E-state index contributed by atoms with van der Waals surface area (Å²) in [7, 11) is 0. The van der Waals surface area contributed by atoms with Crippen molar-refractivity contribution in [2.75, 3.05) is 12.3 Å². The van der Waals surface area contributed by atoms with Gasteiger partial charge in [0.1, 0.15) is 5.78 Å². The van der Waals surface area contributed by atoms with Crippen LogP contribution in [-0.2, 0) is 9.59 Å². The number of ketones is 1. The second-order valence-electron chi connectivity index (χ2n) is 3.15. The lowest BCUT2D eigenvalue weighted by atomic mass is 10.2. The molecule has 0 unspecified atom stereocenters. The van der Waals surface area contributed by atoms with Gasteiger partial charge in [-0.3, -0.25) is 9.59 Å². The van der Waals surface area contributed by atoms with Crippen LogP contribution in [0.2, 0.25) is 0 Å². The second-order valence-corrected chi connectivity index (χ2v) is 4.23. The third kappa shape index (κ3) is 6.16. The molecular weight excluding hydrogens is 198 g/mol. The van der Waals surface area contributed by atoms with Gasteiger partial charge in [-0.1, -0.05) is 25.6 Å². The highest BCUT2D eigenvalue weighted by molar-refractivity contribution is 8.13. The van der Waals surface area contributed by atoms with Gasteiger partial charge in [-0.15, -0.1) is 0 Å². The van der Waals surface area contributed by atoms with Gasteiger partial charge in [0.2, 0.25) is 0 Å². The monoisotopic (exact) mass is 217 g/mol. The number of Topliss-reactive ketones (excluding diaryl/α,β-unsaturated/α-hetero) is 1. The van der Waals surface area contributed by atoms with Gasteiger partial charge in [0, 0.05) is 12.2 Å². The topological polar surface area (TPSA) is 46.2 Å². The predicted octanol–water partition coefficient (Wildman–Crippen LogP) is 1.61. The van der Waals surface area contributed by atoms with E-state index in [2.05, 4.69) is 12.2 Å². The molecule has 0 aromatic rings. The molecule has 0 rings (SSSR count). The van der Waals surface area contributed by atoms with Gasteiger partial charge in [0.15, 0.2) is 5.12 Å². The maximum absolute atomic E-state index is 11.2. The Hall–Kier alpha value is -0.350. The number of hydrogen-bond acceptors (Lipinski definition) is 4. The van der Waals surface area contributed by atoms with E-state index in [4.69, 9.17) is 0 Å². The molecule has 0 radical (unpaired) electrons. The smallest absolute Gasteiger partial charge is 0.188 e. The summed E-state index contributed by atoms with van der Waals surface area (Å²) < 4.78 is 0. The molecule has 0 aromatic heterocycles. The molecule has 0 heterocycles. The van der Waals surface area contributed by atoms with Crippen molar-refractivity contribution in [1.82, 2.24) is 5.32 Å². The molecule has 4 heteroatoms. The molecule has 0 aliphatic heterocycles. The maximum atomic E-state index is 11.2. The van der Waals surface area contributed by atoms with Crippen molar-refractivity contribution in [2.24, 2.45) is 0 Å². The fourth-order valence-corrected chi connectivity index (χ4v) is 1.83. The maximum Gasteiger partial charge on any atom is 0.188 e. The van der Waals surface area contributed by atoms with Gasteiger partial charge < -0.3 is 5.32 Å². The molecule has 0 saturated carbocycles. The van der Waals surface area contributed by atoms with Gasteiger partial charge in [0.25, 0.3) is 0 Å². The van der Waals surface area contributed by atoms with E-state index in [0.717, 1.165) is 13.0 Å². The molecule has 0 fully saturated rings. The first-order valence-electron chi connectivity index (χ1n) is 5.01. The van der Waals surface area contributed by atoms with Crippen LogP contribution in [-0.4, -0.2) is 29.2 Å². The Balaban J connectivity index is 3.84. The Morgan fingerprint density at radius 3 is 2.43 bits per heavy atom. The molecule has 0 amide bonds. The fourth-order valence-electron chi connectivity index (χ4n) is 0.917. The summed E-state index contributed by atoms with van der Waals surface area (Å²) >= 11 is 1.24. The lowest BCUT2D eigenvalue weighted by molar-refractivity contribution is -0.118. The SMILES string of the molecule is CCCN[C@@H](CSC(=O)CC)C(C)=O. The van der Waals surface area contributed by atoms with Crippen LogP contribution in [0, 0.1) is 0 Å². The summed E-state index contributed by atoms with van der Waals surface area (Å²) in [4.78, 5) is 22.2. The van der Waals surface area contributed by atoms with Gasteiger partial charge in [-0.05, 0) is 19.9 Å². The first-order chi connectivity index (χ1) is 6.61. The summed E-state index contributed by atoms with van der Waals surface area (Å²) in [5.41, 5.74) is 0. The quantitative estimate of drug-likeness (QED) is 0.704. The molecule has 0 spiro atoms. The highest BCUT2D eigenvalue weighted by atomic mass is 32.2. The van der Waals surface area contributed by atoms with Crippen LogP contribution < -0.4 is 5.32 Å². The molecule has 0 aromatic carbocycles. The van der Waals surface area contributed by atoms with Crippen LogP contribution in [0.15, 0.2) is 0 Å². The summed E-state index contributed by atoms with van der Waals surface area (Å²) in [6.07, 6.45) is 1.53. The van der Waals surface area contributed by atoms with E-state index in [9.17, 15) is 9.59 Å².